The van der Waals surface area contributed by atoms with Crippen LogP contribution in [0.5, 0.6) is 11.5 Å². The van der Waals surface area contributed by atoms with E-state index in [1.165, 1.54) is 12.1 Å². The van der Waals surface area contributed by atoms with E-state index in [9.17, 15) is 4.39 Å². The molecular weight excluding hydrogens is 285 g/mol. The zero-order valence-electron chi connectivity index (χ0n) is 11.0. The number of rotatable bonds is 3. The Bertz CT molecular complexity index is 832. The van der Waals surface area contributed by atoms with Crippen LogP contribution < -0.4 is 10.5 Å². The van der Waals surface area contributed by atoms with Crippen LogP contribution >= 0.6 is 12.2 Å². The third kappa shape index (κ3) is 2.85. The van der Waals surface area contributed by atoms with Crippen LogP contribution in [-0.4, -0.2) is 4.99 Å². The van der Waals surface area contributed by atoms with Crippen LogP contribution in [0.1, 0.15) is 5.56 Å². The van der Waals surface area contributed by atoms with E-state index < -0.39 is 5.82 Å². The Kier molecular flexibility index (Phi) is 3.54. The fourth-order valence-electron chi connectivity index (χ4n) is 2.09. The summed E-state index contributed by atoms with van der Waals surface area (Å²) in [4.78, 5) is 0.158. The molecule has 2 nitrogen and oxygen atoms in total. The number of halogens is 1. The first-order valence-electron chi connectivity index (χ1n) is 6.39. The highest BCUT2D eigenvalue weighted by molar-refractivity contribution is 7.80. The van der Waals surface area contributed by atoms with Crippen molar-refractivity contribution in [3.8, 4) is 11.5 Å². The quantitative estimate of drug-likeness (QED) is 0.727. The van der Waals surface area contributed by atoms with Crippen LogP contribution in [0.3, 0.4) is 0 Å². The molecule has 104 valence electrons. The van der Waals surface area contributed by atoms with E-state index in [-0.39, 0.29) is 10.7 Å². The van der Waals surface area contributed by atoms with Gasteiger partial charge < -0.3 is 10.5 Å². The number of fused-ring (bicyclic) bond motifs is 1. The van der Waals surface area contributed by atoms with Crippen molar-refractivity contribution < 1.29 is 9.13 Å². The van der Waals surface area contributed by atoms with Gasteiger partial charge in [-0.1, -0.05) is 42.5 Å². The summed E-state index contributed by atoms with van der Waals surface area (Å²) in [6.45, 7) is 0. The van der Waals surface area contributed by atoms with Gasteiger partial charge in [-0.25, -0.2) is 4.39 Å². The van der Waals surface area contributed by atoms with Crippen LogP contribution in [0.15, 0.2) is 60.7 Å². The predicted molar refractivity (Wildman–Crippen MR) is 86.3 cm³/mol. The maximum atomic E-state index is 14.0. The van der Waals surface area contributed by atoms with Gasteiger partial charge in [0.2, 0.25) is 0 Å². The molecule has 3 aromatic rings. The second-order valence-corrected chi connectivity index (χ2v) is 5.06. The fraction of sp³-hybridized carbons (Fsp3) is 0. The van der Waals surface area contributed by atoms with E-state index in [2.05, 4.69) is 0 Å². The molecule has 0 aliphatic heterocycles. The van der Waals surface area contributed by atoms with Crippen molar-refractivity contribution >= 4 is 28.0 Å². The Morgan fingerprint density at radius 1 is 0.952 bits per heavy atom. The lowest BCUT2D eigenvalue weighted by Crippen LogP contribution is -2.09. The molecular formula is C17H12FNOS. The van der Waals surface area contributed by atoms with Crippen molar-refractivity contribution in [3.63, 3.8) is 0 Å². The van der Waals surface area contributed by atoms with Gasteiger partial charge >= 0.3 is 0 Å². The molecule has 2 N–H and O–H groups in total. The van der Waals surface area contributed by atoms with Crippen LogP contribution in [0.25, 0.3) is 10.8 Å². The van der Waals surface area contributed by atoms with E-state index in [4.69, 9.17) is 22.7 Å². The summed E-state index contributed by atoms with van der Waals surface area (Å²) < 4.78 is 19.6. The van der Waals surface area contributed by atoms with E-state index in [0.717, 1.165) is 10.8 Å². The number of ether oxygens (including phenoxy) is 1. The van der Waals surface area contributed by atoms with Gasteiger partial charge in [-0.05, 0) is 41.1 Å². The summed E-state index contributed by atoms with van der Waals surface area (Å²) >= 11 is 4.82. The summed E-state index contributed by atoms with van der Waals surface area (Å²) in [6.07, 6.45) is 0. The lowest BCUT2D eigenvalue weighted by Gasteiger charge is -2.09. The molecule has 21 heavy (non-hydrogen) atoms. The molecule has 0 aliphatic rings. The smallest absolute Gasteiger partial charge is 0.166 e. The standard InChI is InChI=1S/C17H12FNOS/c18-15-10-13(17(19)21)6-8-16(15)20-14-7-5-11-3-1-2-4-12(11)9-14/h1-10H,(H2,19,21). The van der Waals surface area contributed by atoms with Gasteiger partial charge in [0.05, 0.1) is 0 Å². The molecule has 0 aromatic heterocycles. The maximum Gasteiger partial charge on any atom is 0.166 e. The summed E-state index contributed by atoms with van der Waals surface area (Å²) in [5.74, 6) is 0.231. The lowest BCUT2D eigenvalue weighted by atomic mass is 10.1. The van der Waals surface area contributed by atoms with Crippen LogP contribution in [0.2, 0.25) is 0 Å². The highest BCUT2D eigenvalue weighted by atomic mass is 32.1. The fourth-order valence-corrected chi connectivity index (χ4v) is 2.22. The van der Waals surface area contributed by atoms with E-state index >= 15 is 0 Å². The molecule has 0 heterocycles. The zero-order chi connectivity index (χ0) is 14.8. The molecule has 0 atom stereocenters. The Balaban J connectivity index is 1.93. The minimum atomic E-state index is -0.492. The minimum Gasteiger partial charge on any atom is -0.454 e. The van der Waals surface area contributed by atoms with Gasteiger partial charge in [0.25, 0.3) is 0 Å². The first-order valence-corrected chi connectivity index (χ1v) is 6.80. The zero-order valence-corrected chi connectivity index (χ0v) is 11.9. The SMILES string of the molecule is NC(=S)c1ccc(Oc2ccc3ccccc3c2)c(F)c1. The molecule has 0 saturated heterocycles. The van der Waals surface area contributed by atoms with Crippen LogP contribution in [0.4, 0.5) is 4.39 Å². The average molecular weight is 297 g/mol. The molecule has 0 unspecified atom stereocenters. The Labute approximate surface area is 127 Å². The van der Waals surface area contributed by atoms with Crippen LogP contribution in [0, 0.1) is 5.82 Å². The maximum absolute atomic E-state index is 14.0. The summed E-state index contributed by atoms with van der Waals surface area (Å²) in [6, 6.07) is 18.0. The number of thiocarbonyl (C=S) groups is 1. The molecule has 0 fully saturated rings. The van der Waals surface area contributed by atoms with E-state index in [0.29, 0.717) is 11.3 Å². The van der Waals surface area contributed by atoms with Crippen LogP contribution in [-0.2, 0) is 0 Å². The second-order valence-electron chi connectivity index (χ2n) is 4.62. The first-order chi connectivity index (χ1) is 10.1. The average Bonchev–Trinajstić information content (AvgIpc) is 2.49. The molecule has 0 radical (unpaired) electrons. The summed E-state index contributed by atoms with van der Waals surface area (Å²) in [5, 5.41) is 2.14. The third-order valence-electron chi connectivity index (χ3n) is 3.17. The molecule has 0 amide bonds. The topological polar surface area (TPSA) is 35.2 Å². The Hall–Kier alpha value is -2.46. The highest BCUT2D eigenvalue weighted by Crippen LogP contribution is 2.28. The second kappa shape index (κ2) is 5.50. The number of benzene rings is 3. The Morgan fingerprint density at radius 2 is 1.71 bits per heavy atom. The van der Waals surface area contributed by atoms with Crippen molar-refractivity contribution in [1.82, 2.24) is 0 Å². The van der Waals surface area contributed by atoms with Gasteiger partial charge in [0, 0.05) is 5.56 Å². The molecule has 3 rings (SSSR count). The monoisotopic (exact) mass is 297 g/mol. The largest absolute Gasteiger partial charge is 0.454 e. The molecule has 0 bridgehead atoms. The van der Waals surface area contributed by atoms with Crippen molar-refractivity contribution in [2.45, 2.75) is 0 Å². The number of hydrogen-bond acceptors (Lipinski definition) is 2. The molecule has 0 aliphatic carbocycles. The van der Waals surface area contributed by atoms with Crippen molar-refractivity contribution in [1.29, 1.82) is 0 Å². The molecule has 0 spiro atoms. The molecule has 3 aromatic carbocycles. The first kappa shape index (κ1) is 13.5. The summed E-state index contributed by atoms with van der Waals surface area (Å²) in [7, 11) is 0. The number of nitrogens with two attached hydrogens (primary N) is 1. The van der Waals surface area contributed by atoms with E-state index in [1.54, 1.807) is 6.07 Å². The van der Waals surface area contributed by atoms with Gasteiger partial charge in [-0.3, -0.25) is 0 Å². The number of hydrogen-bond donors (Lipinski definition) is 1. The van der Waals surface area contributed by atoms with Crippen molar-refractivity contribution in [2.75, 3.05) is 0 Å². The molecule has 4 heteroatoms. The Morgan fingerprint density at radius 3 is 2.43 bits per heavy atom. The third-order valence-corrected chi connectivity index (χ3v) is 3.40. The highest BCUT2D eigenvalue weighted by Gasteiger charge is 2.08. The predicted octanol–water partition coefficient (Wildman–Crippen LogP) is 4.41. The summed E-state index contributed by atoms with van der Waals surface area (Å²) in [5.41, 5.74) is 5.95. The minimum absolute atomic E-state index is 0.144. The van der Waals surface area contributed by atoms with Gasteiger partial charge in [0.1, 0.15) is 10.7 Å². The van der Waals surface area contributed by atoms with E-state index in [1.807, 2.05) is 42.5 Å². The molecule has 0 saturated carbocycles. The van der Waals surface area contributed by atoms with Gasteiger partial charge in [-0.2, -0.15) is 0 Å². The normalized spacial score (nSPS) is 10.5. The van der Waals surface area contributed by atoms with Gasteiger partial charge in [0.15, 0.2) is 11.6 Å². The van der Waals surface area contributed by atoms with Crippen molar-refractivity contribution in [2.24, 2.45) is 5.73 Å². The lowest BCUT2D eigenvalue weighted by molar-refractivity contribution is 0.443. The van der Waals surface area contributed by atoms with Gasteiger partial charge in [-0.15, -0.1) is 0 Å². The van der Waals surface area contributed by atoms with Crippen molar-refractivity contribution in [3.05, 3.63) is 72.0 Å².